The first-order chi connectivity index (χ1) is 5.12. The Morgan fingerprint density at radius 3 is 1.67 bits per heavy atom. The highest BCUT2D eigenvalue weighted by molar-refractivity contribution is 4.77. The Balaban J connectivity index is 4.04. The molecule has 0 aromatic rings. The summed E-state index contributed by atoms with van der Waals surface area (Å²) in [7, 11) is 0. The average molecular weight is 172 g/mol. The predicted octanol–water partition coefficient (Wildman–Crippen LogP) is 3.63. The molecule has 1 heteroatoms. The average Bonchev–Trinajstić information content (AvgIpc) is 1.48. The lowest BCUT2D eigenvalue weighted by Gasteiger charge is -2.34. The Labute approximate surface area is 77.5 Å². The van der Waals surface area contributed by atoms with Crippen LogP contribution in [0, 0.1) is 5.41 Å². The molecule has 0 saturated heterocycles. The van der Waals surface area contributed by atoms with Gasteiger partial charge in [0.15, 0.2) is 0 Å². The second kappa shape index (κ2) is 3.78. The van der Waals surface area contributed by atoms with E-state index in [9.17, 15) is 0 Å². The largest absolute Gasteiger partial charge is 0.373 e. The monoisotopic (exact) mass is 172 g/mol. The highest BCUT2D eigenvalue weighted by Gasteiger charge is 2.26. The van der Waals surface area contributed by atoms with Crippen LogP contribution in [0.3, 0.4) is 0 Å². The highest BCUT2D eigenvalue weighted by atomic mass is 16.5. The molecule has 0 heterocycles. The van der Waals surface area contributed by atoms with Crippen molar-refractivity contribution in [1.29, 1.82) is 0 Å². The van der Waals surface area contributed by atoms with Crippen molar-refractivity contribution in [2.24, 2.45) is 5.41 Å². The van der Waals surface area contributed by atoms with Crippen molar-refractivity contribution in [1.82, 2.24) is 0 Å². The maximum atomic E-state index is 5.81. The van der Waals surface area contributed by atoms with Crippen molar-refractivity contribution >= 4 is 0 Å². The summed E-state index contributed by atoms with van der Waals surface area (Å²) in [6.07, 6.45) is 1.42. The lowest BCUT2D eigenvalue weighted by molar-refractivity contribution is -0.0762. The second-order valence-corrected chi connectivity index (χ2v) is 5.66. The minimum Gasteiger partial charge on any atom is -0.373 e. The second-order valence-electron chi connectivity index (χ2n) is 5.66. The standard InChI is InChI=1S/C11H24O/c1-9(2)12-11(6,7)8-10(3,4)5/h9H,8H2,1-7H3. The Morgan fingerprint density at radius 1 is 1.00 bits per heavy atom. The first kappa shape index (κ1) is 12.0. The van der Waals surface area contributed by atoms with Gasteiger partial charge >= 0.3 is 0 Å². The molecule has 0 aromatic heterocycles. The fourth-order valence-corrected chi connectivity index (χ4v) is 1.96. The third-order valence-electron chi connectivity index (χ3n) is 1.51. The van der Waals surface area contributed by atoms with Crippen LogP contribution in [-0.2, 0) is 4.74 Å². The Kier molecular flexibility index (Phi) is 3.77. The molecule has 0 aliphatic rings. The lowest BCUT2D eigenvalue weighted by Crippen LogP contribution is -2.32. The molecule has 12 heavy (non-hydrogen) atoms. The van der Waals surface area contributed by atoms with Gasteiger partial charge in [-0.1, -0.05) is 20.8 Å². The molecule has 0 amide bonds. The van der Waals surface area contributed by atoms with Crippen molar-refractivity contribution in [3.63, 3.8) is 0 Å². The molecule has 0 radical (unpaired) electrons. The van der Waals surface area contributed by atoms with E-state index in [4.69, 9.17) is 4.74 Å². The van der Waals surface area contributed by atoms with Gasteiger partial charge in [0.05, 0.1) is 11.7 Å². The molecule has 1 nitrogen and oxygen atoms in total. The van der Waals surface area contributed by atoms with Gasteiger partial charge in [-0.15, -0.1) is 0 Å². The van der Waals surface area contributed by atoms with E-state index in [0.29, 0.717) is 11.5 Å². The fourth-order valence-electron chi connectivity index (χ4n) is 1.96. The van der Waals surface area contributed by atoms with Crippen LogP contribution >= 0.6 is 0 Å². The molecule has 0 rings (SSSR count). The third-order valence-corrected chi connectivity index (χ3v) is 1.51. The van der Waals surface area contributed by atoms with Crippen molar-refractivity contribution in [3.05, 3.63) is 0 Å². The first-order valence-corrected chi connectivity index (χ1v) is 4.80. The summed E-state index contributed by atoms with van der Waals surface area (Å²) in [5.41, 5.74) is 0.352. The molecule has 74 valence electrons. The van der Waals surface area contributed by atoms with Gasteiger partial charge in [0.1, 0.15) is 0 Å². The summed E-state index contributed by atoms with van der Waals surface area (Å²) in [5.74, 6) is 0. The molecule has 0 saturated carbocycles. The van der Waals surface area contributed by atoms with E-state index in [1.165, 1.54) is 0 Å². The molecule has 0 aromatic carbocycles. The molecule has 0 bridgehead atoms. The summed E-state index contributed by atoms with van der Waals surface area (Å²) in [4.78, 5) is 0. The Bertz CT molecular complexity index is 128. The third kappa shape index (κ3) is 6.66. The minimum atomic E-state index is 0.00637. The van der Waals surface area contributed by atoms with Crippen LogP contribution in [0.25, 0.3) is 0 Å². The van der Waals surface area contributed by atoms with Crippen LogP contribution in [0.4, 0.5) is 0 Å². The van der Waals surface area contributed by atoms with E-state index in [2.05, 4.69) is 48.5 Å². The van der Waals surface area contributed by atoms with Crippen LogP contribution in [0.1, 0.15) is 54.9 Å². The van der Waals surface area contributed by atoms with Gasteiger partial charge in [-0.05, 0) is 39.5 Å². The summed E-state index contributed by atoms with van der Waals surface area (Å²) in [5, 5.41) is 0. The van der Waals surface area contributed by atoms with E-state index in [0.717, 1.165) is 6.42 Å². The molecule has 0 aliphatic carbocycles. The number of ether oxygens (including phenoxy) is 1. The van der Waals surface area contributed by atoms with E-state index in [1.54, 1.807) is 0 Å². The first-order valence-electron chi connectivity index (χ1n) is 4.80. The smallest absolute Gasteiger partial charge is 0.0635 e. The van der Waals surface area contributed by atoms with Crippen molar-refractivity contribution < 1.29 is 4.74 Å². The molecule has 0 unspecified atom stereocenters. The topological polar surface area (TPSA) is 9.23 Å². The molecule has 0 fully saturated rings. The van der Waals surface area contributed by atoms with E-state index in [1.807, 2.05) is 0 Å². The van der Waals surface area contributed by atoms with Crippen LogP contribution in [0.2, 0.25) is 0 Å². The zero-order valence-corrected chi connectivity index (χ0v) is 9.69. The number of hydrogen-bond acceptors (Lipinski definition) is 1. The number of rotatable bonds is 3. The maximum Gasteiger partial charge on any atom is 0.0635 e. The van der Waals surface area contributed by atoms with E-state index >= 15 is 0 Å². The molecular weight excluding hydrogens is 148 g/mol. The van der Waals surface area contributed by atoms with Crippen molar-refractivity contribution in [2.75, 3.05) is 0 Å². The zero-order valence-electron chi connectivity index (χ0n) is 9.69. The molecule has 0 aliphatic heterocycles. The normalized spacial score (nSPS) is 14.0. The van der Waals surface area contributed by atoms with Crippen molar-refractivity contribution in [2.45, 2.75) is 66.6 Å². The fraction of sp³-hybridized carbons (Fsp3) is 1.00. The minimum absolute atomic E-state index is 0.00637. The van der Waals surface area contributed by atoms with Crippen molar-refractivity contribution in [3.8, 4) is 0 Å². The van der Waals surface area contributed by atoms with Gasteiger partial charge in [-0.25, -0.2) is 0 Å². The van der Waals surface area contributed by atoms with Gasteiger partial charge < -0.3 is 4.74 Å². The maximum absolute atomic E-state index is 5.81. The summed E-state index contributed by atoms with van der Waals surface area (Å²) >= 11 is 0. The van der Waals surface area contributed by atoms with Crippen LogP contribution in [0.5, 0.6) is 0 Å². The van der Waals surface area contributed by atoms with Gasteiger partial charge in [0.25, 0.3) is 0 Å². The summed E-state index contributed by atoms with van der Waals surface area (Å²) < 4.78 is 5.81. The van der Waals surface area contributed by atoms with E-state index < -0.39 is 0 Å². The summed E-state index contributed by atoms with van der Waals surface area (Å²) in [6.45, 7) is 15.3. The lowest BCUT2D eigenvalue weighted by atomic mass is 9.83. The zero-order chi connectivity index (χ0) is 9.99. The quantitative estimate of drug-likeness (QED) is 0.631. The Morgan fingerprint density at radius 2 is 1.42 bits per heavy atom. The van der Waals surface area contributed by atoms with E-state index in [-0.39, 0.29) is 5.60 Å². The predicted molar refractivity (Wildman–Crippen MR) is 54.4 cm³/mol. The van der Waals surface area contributed by atoms with Crippen LogP contribution in [-0.4, -0.2) is 11.7 Å². The van der Waals surface area contributed by atoms with Crippen LogP contribution in [0.15, 0.2) is 0 Å². The molecule has 0 spiro atoms. The highest BCUT2D eigenvalue weighted by Crippen LogP contribution is 2.30. The molecule has 0 atom stereocenters. The number of hydrogen-bond donors (Lipinski definition) is 0. The van der Waals surface area contributed by atoms with Gasteiger partial charge in [0, 0.05) is 0 Å². The van der Waals surface area contributed by atoms with Gasteiger partial charge in [-0.3, -0.25) is 0 Å². The summed E-state index contributed by atoms with van der Waals surface area (Å²) in [6, 6.07) is 0. The van der Waals surface area contributed by atoms with Crippen LogP contribution < -0.4 is 0 Å². The molecule has 0 N–H and O–H groups in total. The Hall–Kier alpha value is -0.0400. The van der Waals surface area contributed by atoms with Gasteiger partial charge in [0.2, 0.25) is 0 Å². The molecular formula is C11H24O. The van der Waals surface area contributed by atoms with Gasteiger partial charge in [-0.2, -0.15) is 0 Å². The SMILES string of the molecule is CC(C)OC(C)(C)CC(C)(C)C.